The van der Waals surface area contributed by atoms with Crippen LogP contribution < -0.4 is 0 Å². The standard InChI is InChI=1S/C14H18O7/c1-13(2,3)21-11(17)9(6-8-15)14(12(18)19-4)7-5-10(16)20-14/h5,7-9H,6H2,1-4H3/t9-,14+/m1/s1. The molecule has 0 unspecified atom stereocenters. The third-order valence-electron chi connectivity index (χ3n) is 2.78. The lowest BCUT2D eigenvalue weighted by atomic mass is 9.85. The van der Waals surface area contributed by atoms with Gasteiger partial charge in [-0.15, -0.1) is 0 Å². The molecule has 0 aromatic heterocycles. The number of cyclic esters (lactones) is 1. The Labute approximate surface area is 122 Å². The SMILES string of the molecule is COC(=O)[C@@]1([C@H](CC=O)C(=O)OC(C)(C)C)C=CC(=O)O1. The molecule has 0 saturated carbocycles. The first-order chi connectivity index (χ1) is 9.66. The van der Waals surface area contributed by atoms with Crippen LogP contribution in [0.15, 0.2) is 12.2 Å². The van der Waals surface area contributed by atoms with Crippen LogP contribution in [0.5, 0.6) is 0 Å². The first-order valence-electron chi connectivity index (χ1n) is 6.33. The van der Waals surface area contributed by atoms with E-state index in [-0.39, 0.29) is 6.42 Å². The van der Waals surface area contributed by atoms with Crippen LogP contribution in [0.1, 0.15) is 27.2 Å². The van der Waals surface area contributed by atoms with Gasteiger partial charge in [-0.1, -0.05) is 0 Å². The molecule has 0 N–H and O–H groups in total. The Morgan fingerprint density at radius 3 is 2.43 bits per heavy atom. The fourth-order valence-corrected chi connectivity index (χ4v) is 1.94. The highest BCUT2D eigenvalue weighted by atomic mass is 16.6. The second kappa shape index (κ2) is 6.07. The molecule has 7 heteroatoms. The van der Waals surface area contributed by atoms with E-state index in [1.165, 1.54) is 0 Å². The van der Waals surface area contributed by atoms with Gasteiger partial charge in [0.25, 0.3) is 0 Å². The highest BCUT2D eigenvalue weighted by Gasteiger charge is 2.55. The van der Waals surface area contributed by atoms with Crippen LogP contribution in [0.25, 0.3) is 0 Å². The first kappa shape index (κ1) is 16.9. The van der Waals surface area contributed by atoms with Crippen molar-refractivity contribution < 1.29 is 33.4 Å². The number of esters is 3. The number of methoxy groups -OCH3 is 1. The molecule has 0 aromatic rings. The zero-order valence-electron chi connectivity index (χ0n) is 12.4. The van der Waals surface area contributed by atoms with E-state index < -0.39 is 35.0 Å². The van der Waals surface area contributed by atoms with E-state index in [2.05, 4.69) is 4.74 Å². The summed E-state index contributed by atoms with van der Waals surface area (Å²) in [5, 5.41) is 0. The van der Waals surface area contributed by atoms with Crippen LogP contribution in [-0.4, -0.2) is 42.5 Å². The number of aldehydes is 1. The molecular weight excluding hydrogens is 280 g/mol. The summed E-state index contributed by atoms with van der Waals surface area (Å²) < 4.78 is 14.8. The zero-order valence-corrected chi connectivity index (χ0v) is 12.4. The monoisotopic (exact) mass is 298 g/mol. The predicted molar refractivity (Wildman–Crippen MR) is 70.0 cm³/mol. The van der Waals surface area contributed by atoms with Gasteiger partial charge >= 0.3 is 17.9 Å². The Morgan fingerprint density at radius 1 is 1.43 bits per heavy atom. The van der Waals surface area contributed by atoms with Crippen LogP contribution in [0, 0.1) is 5.92 Å². The lowest BCUT2D eigenvalue weighted by Gasteiger charge is -2.32. The van der Waals surface area contributed by atoms with E-state index in [1.807, 2.05) is 0 Å². The van der Waals surface area contributed by atoms with E-state index in [1.54, 1.807) is 20.8 Å². The minimum Gasteiger partial charge on any atom is -0.466 e. The Hall–Kier alpha value is -2.18. The molecule has 21 heavy (non-hydrogen) atoms. The molecule has 116 valence electrons. The highest BCUT2D eigenvalue weighted by molar-refractivity contribution is 5.98. The Morgan fingerprint density at radius 2 is 2.05 bits per heavy atom. The van der Waals surface area contributed by atoms with Crippen LogP contribution >= 0.6 is 0 Å². The van der Waals surface area contributed by atoms with Gasteiger partial charge in [-0.25, -0.2) is 9.59 Å². The molecule has 1 aliphatic rings. The molecule has 0 saturated heterocycles. The molecule has 0 bridgehead atoms. The average Bonchev–Trinajstić information content (AvgIpc) is 2.76. The topological polar surface area (TPSA) is 96.0 Å². The van der Waals surface area contributed by atoms with E-state index in [4.69, 9.17) is 9.47 Å². The summed E-state index contributed by atoms with van der Waals surface area (Å²) in [5.41, 5.74) is -2.78. The Kier molecular flexibility index (Phi) is 4.88. The van der Waals surface area contributed by atoms with Crippen LogP contribution in [0.3, 0.4) is 0 Å². The van der Waals surface area contributed by atoms with Crippen LogP contribution in [0.2, 0.25) is 0 Å². The molecule has 1 aliphatic heterocycles. The second-order valence-corrected chi connectivity index (χ2v) is 5.53. The summed E-state index contributed by atoms with van der Waals surface area (Å²) in [4.78, 5) is 46.4. The zero-order chi connectivity index (χ0) is 16.3. The molecule has 0 aliphatic carbocycles. The maximum Gasteiger partial charge on any atom is 0.355 e. The third kappa shape index (κ3) is 3.68. The number of carbonyl (C=O) groups excluding carboxylic acids is 4. The summed E-state index contributed by atoms with van der Waals surface area (Å²) >= 11 is 0. The van der Waals surface area contributed by atoms with Gasteiger partial charge in [0.15, 0.2) is 0 Å². The van der Waals surface area contributed by atoms with Crippen molar-refractivity contribution in [1.82, 2.24) is 0 Å². The summed E-state index contributed by atoms with van der Waals surface area (Å²) in [6.07, 6.45) is 2.25. The van der Waals surface area contributed by atoms with Gasteiger partial charge in [-0.2, -0.15) is 0 Å². The number of carbonyl (C=O) groups is 4. The van der Waals surface area contributed by atoms with Gasteiger partial charge in [-0.05, 0) is 26.8 Å². The van der Waals surface area contributed by atoms with Gasteiger partial charge in [0, 0.05) is 12.5 Å². The van der Waals surface area contributed by atoms with Gasteiger partial charge in [0.2, 0.25) is 5.60 Å². The maximum absolute atomic E-state index is 12.3. The van der Waals surface area contributed by atoms with Crippen molar-refractivity contribution in [3.05, 3.63) is 12.2 Å². The lowest BCUT2D eigenvalue weighted by molar-refractivity contribution is -0.186. The summed E-state index contributed by atoms with van der Waals surface area (Å²) in [6, 6.07) is 0. The fraction of sp³-hybridized carbons (Fsp3) is 0.571. The van der Waals surface area contributed by atoms with Crippen molar-refractivity contribution in [2.24, 2.45) is 5.92 Å². The summed E-state index contributed by atoms with van der Waals surface area (Å²) in [7, 11) is 1.09. The van der Waals surface area contributed by atoms with E-state index >= 15 is 0 Å². The Bertz CT molecular complexity index is 486. The van der Waals surface area contributed by atoms with Crippen LogP contribution in [-0.2, 0) is 33.4 Å². The smallest absolute Gasteiger partial charge is 0.355 e. The van der Waals surface area contributed by atoms with Crippen molar-refractivity contribution in [2.45, 2.75) is 38.4 Å². The third-order valence-corrected chi connectivity index (χ3v) is 2.78. The van der Waals surface area contributed by atoms with Gasteiger partial charge in [0.05, 0.1) is 7.11 Å². The quantitative estimate of drug-likeness (QED) is 0.415. The second-order valence-electron chi connectivity index (χ2n) is 5.53. The van der Waals surface area contributed by atoms with E-state index in [9.17, 15) is 19.2 Å². The van der Waals surface area contributed by atoms with E-state index in [0.29, 0.717) is 6.29 Å². The summed E-state index contributed by atoms with van der Waals surface area (Å²) in [5.74, 6) is -3.86. The normalized spacial score (nSPS) is 22.4. The van der Waals surface area contributed by atoms with Crippen molar-refractivity contribution in [2.75, 3.05) is 7.11 Å². The number of ether oxygens (including phenoxy) is 3. The van der Waals surface area contributed by atoms with Crippen molar-refractivity contribution in [1.29, 1.82) is 0 Å². The van der Waals surface area contributed by atoms with Crippen molar-refractivity contribution in [3.63, 3.8) is 0 Å². The fourth-order valence-electron chi connectivity index (χ4n) is 1.94. The largest absolute Gasteiger partial charge is 0.466 e. The van der Waals surface area contributed by atoms with Gasteiger partial charge in [0.1, 0.15) is 17.8 Å². The molecule has 2 atom stereocenters. The predicted octanol–water partition coefficient (Wildman–Crippen LogP) is 0.558. The van der Waals surface area contributed by atoms with Crippen LogP contribution in [0.4, 0.5) is 0 Å². The first-order valence-corrected chi connectivity index (χ1v) is 6.33. The molecule has 0 amide bonds. The van der Waals surface area contributed by atoms with Crippen molar-refractivity contribution >= 4 is 24.2 Å². The molecule has 0 aromatic carbocycles. The number of rotatable bonds is 5. The molecule has 0 radical (unpaired) electrons. The number of hydrogen-bond acceptors (Lipinski definition) is 7. The molecule has 7 nitrogen and oxygen atoms in total. The molecule has 0 fully saturated rings. The average molecular weight is 298 g/mol. The van der Waals surface area contributed by atoms with Crippen molar-refractivity contribution in [3.8, 4) is 0 Å². The molecule has 1 heterocycles. The van der Waals surface area contributed by atoms with Gasteiger partial charge < -0.3 is 19.0 Å². The molecule has 0 spiro atoms. The van der Waals surface area contributed by atoms with E-state index in [0.717, 1.165) is 19.3 Å². The maximum atomic E-state index is 12.3. The minimum absolute atomic E-state index is 0.346. The summed E-state index contributed by atoms with van der Waals surface area (Å²) in [6.45, 7) is 4.93. The Balaban J connectivity index is 3.19. The lowest BCUT2D eigenvalue weighted by Crippen LogP contribution is -2.51. The van der Waals surface area contributed by atoms with Gasteiger partial charge in [-0.3, -0.25) is 4.79 Å². The highest BCUT2D eigenvalue weighted by Crippen LogP contribution is 2.34. The molecular formula is C14H18O7. The molecule has 1 rings (SSSR count). The number of hydrogen-bond donors (Lipinski definition) is 0. The minimum atomic E-state index is -1.96.